The molecular formula is C6H5N5O3. The molecule has 2 heterocycles. The molecule has 0 saturated heterocycles. The maximum absolute atomic E-state index is 11.2. The summed E-state index contributed by atoms with van der Waals surface area (Å²) in [6.45, 7) is 0. The molecule has 0 atom stereocenters. The summed E-state index contributed by atoms with van der Waals surface area (Å²) >= 11 is 0. The van der Waals surface area contributed by atoms with Crippen LogP contribution in [0.1, 0.15) is 0 Å². The number of anilines is 1. The van der Waals surface area contributed by atoms with Gasteiger partial charge in [0, 0.05) is 0 Å². The van der Waals surface area contributed by atoms with Crippen molar-refractivity contribution in [2.24, 2.45) is 0 Å². The predicted octanol–water partition coefficient (Wildman–Crippen LogP) is -0.264. The zero-order chi connectivity index (χ0) is 10.1. The molecule has 0 saturated carbocycles. The first kappa shape index (κ1) is 8.23. The average Bonchev–Trinajstić information content (AvgIpc) is 2.50. The van der Waals surface area contributed by atoms with Gasteiger partial charge in [-0.3, -0.25) is 15.1 Å². The minimum Gasteiger partial charge on any atom is -0.465 e. The molecule has 0 aliphatic rings. The van der Waals surface area contributed by atoms with Crippen molar-refractivity contribution in [3.8, 4) is 0 Å². The van der Waals surface area contributed by atoms with E-state index in [9.17, 15) is 9.59 Å². The van der Waals surface area contributed by atoms with Crippen LogP contribution in [0, 0.1) is 0 Å². The van der Waals surface area contributed by atoms with Gasteiger partial charge in [0.15, 0.2) is 11.2 Å². The third-order valence-corrected chi connectivity index (χ3v) is 1.52. The SMILES string of the molecule is O=C(O)Nc1nc2nc[nH]c2c(=O)[nH]1. The van der Waals surface area contributed by atoms with Gasteiger partial charge in [0.1, 0.15) is 0 Å². The number of aromatic amines is 2. The van der Waals surface area contributed by atoms with Gasteiger partial charge in [0.2, 0.25) is 5.95 Å². The zero-order valence-electron chi connectivity index (χ0n) is 6.74. The van der Waals surface area contributed by atoms with Crippen molar-refractivity contribution in [3.05, 3.63) is 16.7 Å². The van der Waals surface area contributed by atoms with Crippen LogP contribution in [0.5, 0.6) is 0 Å². The summed E-state index contributed by atoms with van der Waals surface area (Å²) in [4.78, 5) is 33.8. The molecule has 1 amide bonds. The van der Waals surface area contributed by atoms with Crippen molar-refractivity contribution in [2.45, 2.75) is 0 Å². The summed E-state index contributed by atoms with van der Waals surface area (Å²) < 4.78 is 0. The Balaban J connectivity index is 2.58. The first-order valence-electron chi connectivity index (χ1n) is 3.60. The van der Waals surface area contributed by atoms with E-state index in [0.29, 0.717) is 0 Å². The van der Waals surface area contributed by atoms with Crippen LogP contribution in [0.15, 0.2) is 11.1 Å². The number of nitrogens with zero attached hydrogens (tertiary/aromatic N) is 2. The molecule has 0 aliphatic heterocycles. The molecule has 8 heteroatoms. The minimum atomic E-state index is -1.30. The highest BCUT2D eigenvalue weighted by Crippen LogP contribution is 2.02. The first-order chi connectivity index (χ1) is 6.66. The van der Waals surface area contributed by atoms with Gasteiger partial charge in [-0.05, 0) is 0 Å². The number of rotatable bonds is 1. The number of carbonyl (C=O) groups is 1. The number of imidazole rings is 1. The Labute approximate surface area is 76.0 Å². The van der Waals surface area contributed by atoms with Crippen molar-refractivity contribution in [2.75, 3.05) is 5.32 Å². The van der Waals surface area contributed by atoms with E-state index in [1.807, 2.05) is 5.32 Å². The molecule has 0 aromatic carbocycles. The fourth-order valence-electron chi connectivity index (χ4n) is 1.00. The number of amides is 1. The lowest BCUT2D eigenvalue weighted by atomic mass is 10.5. The quantitative estimate of drug-likeness (QED) is 0.498. The Hall–Kier alpha value is -2.38. The number of H-pyrrole nitrogens is 2. The van der Waals surface area contributed by atoms with E-state index in [2.05, 4.69) is 19.9 Å². The van der Waals surface area contributed by atoms with Crippen LogP contribution < -0.4 is 10.9 Å². The normalized spacial score (nSPS) is 10.3. The molecule has 4 N–H and O–H groups in total. The summed E-state index contributed by atoms with van der Waals surface area (Å²) in [5.74, 6) is -0.151. The van der Waals surface area contributed by atoms with E-state index in [1.54, 1.807) is 0 Å². The lowest BCUT2D eigenvalue weighted by molar-refractivity contribution is 0.209. The topological polar surface area (TPSA) is 124 Å². The lowest BCUT2D eigenvalue weighted by Crippen LogP contribution is -2.16. The molecule has 0 spiro atoms. The molecule has 0 bridgehead atoms. The third-order valence-electron chi connectivity index (χ3n) is 1.52. The number of carboxylic acid groups (broad SMARTS) is 1. The standard InChI is InChI=1S/C6H5N5O3/c12-4-2-3(8-1-7-2)9-5(10-4)11-6(13)14/h1H,(H,13,14)(H3,7,8,9,10,11,12). The van der Waals surface area contributed by atoms with Crippen LogP contribution >= 0.6 is 0 Å². The number of hydrogen-bond acceptors (Lipinski definition) is 4. The average molecular weight is 195 g/mol. The monoisotopic (exact) mass is 195 g/mol. The van der Waals surface area contributed by atoms with Gasteiger partial charge in [0.05, 0.1) is 6.33 Å². The molecule has 2 aromatic rings. The van der Waals surface area contributed by atoms with E-state index in [1.165, 1.54) is 6.33 Å². The smallest absolute Gasteiger partial charge is 0.411 e. The van der Waals surface area contributed by atoms with Gasteiger partial charge in [0.25, 0.3) is 5.56 Å². The van der Waals surface area contributed by atoms with Gasteiger partial charge < -0.3 is 10.1 Å². The molecule has 2 rings (SSSR count). The van der Waals surface area contributed by atoms with Gasteiger partial charge in [-0.15, -0.1) is 0 Å². The first-order valence-corrected chi connectivity index (χ1v) is 3.60. The van der Waals surface area contributed by atoms with E-state index < -0.39 is 11.7 Å². The molecule has 0 unspecified atom stereocenters. The second kappa shape index (κ2) is 2.83. The Morgan fingerprint density at radius 1 is 1.57 bits per heavy atom. The van der Waals surface area contributed by atoms with Crippen molar-refractivity contribution < 1.29 is 9.90 Å². The molecule has 8 nitrogen and oxygen atoms in total. The Kier molecular flexibility index (Phi) is 1.67. The molecule has 0 radical (unpaired) electrons. The summed E-state index contributed by atoms with van der Waals surface area (Å²) in [5.41, 5.74) is -0.102. The Bertz CT molecular complexity index is 542. The fraction of sp³-hybridized carbons (Fsp3) is 0. The zero-order valence-corrected chi connectivity index (χ0v) is 6.74. The minimum absolute atomic E-state index is 0.151. The van der Waals surface area contributed by atoms with E-state index in [-0.39, 0.29) is 17.1 Å². The number of nitrogens with one attached hydrogen (secondary N) is 3. The third kappa shape index (κ3) is 1.28. The van der Waals surface area contributed by atoms with Gasteiger partial charge in [-0.1, -0.05) is 0 Å². The molecule has 2 aromatic heterocycles. The maximum Gasteiger partial charge on any atom is 0.411 e. The highest BCUT2D eigenvalue weighted by Gasteiger charge is 2.06. The van der Waals surface area contributed by atoms with Crippen LogP contribution in [-0.4, -0.2) is 31.1 Å². The fourth-order valence-corrected chi connectivity index (χ4v) is 1.00. The largest absolute Gasteiger partial charge is 0.465 e. The van der Waals surface area contributed by atoms with Gasteiger partial charge in [-0.2, -0.15) is 4.98 Å². The molecule has 14 heavy (non-hydrogen) atoms. The van der Waals surface area contributed by atoms with E-state index in [0.717, 1.165) is 0 Å². The molecule has 0 fully saturated rings. The Morgan fingerprint density at radius 2 is 2.36 bits per heavy atom. The van der Waals surface area contributed by atoms with Crippen LogP contribution in [0.25, 0.3) is 11.2 Å². The van der Waals surface area contributed by atoms with Crippen LogP contribution in [0.3, 0.4) is 0 Å². The highest BCUT2D eigenvalue weighted by atomic mass is 16.4. The maximum atomic E-state index is 11.2. The highest BCUT2D eigenvalue weighted by molar-refractivity contribution is 5.81. The van der Waals surface area contributed by atoms with Gasteiger partial charge in [-0.25, -0.2) is 9.78 Å². The number of aromatic nitrogens is 4. The van der Waals surface area contributed by atoms with Crippen molar-refractivity contribution in [3.63, 3.8) is 0 Å². The van der Waals surface area contributed by atoms with Crippen molar-refractivity contribution in [1.29, 1.82) is 0 Å². The molecule has 0 aliphatic carbocycles. The van der Waals surface area contributed by atoms with Crippen LogP contribution in [0.2, 0.25) is 0 Å². The van der Waals surface area contributed by atoms with Crippen LogP contribution in [0.4, 0.5) is 10.7 Å². The van der Waals surface area contributed by atoms with Crippen LogP contribution in [-0.2, 0) is 0 Å². The molecule has 72 valence electrons. The summed E-state index contributed by atoms with van der Waals surface area (Å²) in [7, 11) is 0. The summed E-state index contributed by atoms with van der Waals surface area (Å²) in [6, 6.07) is 0. The predicted molar refractivity (Wildman–Crippen MR) is 46.2 cm³/mol. The summed E-state index contributed by atoms with van der Waals surface area (Å²) in [5, 5.41) is 10.3. The molecular weight excluding hydrogens is 190 g/mol. The van der Waals surface area contributed by atoms with E-state index in [4.69, 9.17) is 5.11 Å². The number of hydrogen-bond donors (Lipinski definition) is 4. The summed E-state index contributed by atoms with van der Waals surface area (Å²) in [6.07, 6.45) is 0.000285. The second-order valence-electron chi connectivity index (χ2n) is 2.45. The second-order valence-corrected chi connectivity index (χ2v) is 2.45. The number of fused-ring (bicyclic) bond motifs is 1. The van der Waals surface area contributed by atoms with Crippen molar-refractivity contribution in [1.82, 2.24) is 19.9 Å². The van der Waals surface area contributed by atoms with E-state index >= 15 is 0 Å². The Morgan fingerprint density at radius 3 is 3.07 bits per heavy atom. The lowest BCUT2D eigenvalue weighted by Gasteiger charge is -1.97. The van der Waals surface area contributed by atoms with Crippen molar-refractivity contribution >= 4 is 23.2 Å². The van der Waals surface area contributed by atoms with Gasteiger partial charge >= 0.3 is 6.09 Å².